The minimum atomic E-state index is -0.326. The lowest BCUT2D eigenvalue weighted by Crippen LogP contribution is -2.28. The van der Waals surface area contributed by atoms with Gasteiger partial charge in [0.05, 0.1) is 5.69 Å². The molecular formula is C22H24ClN3O2. The Bertz CT molecular complexity index is 957. The summed E-state index contributed by atoms with van der Waals surface area (Å²) in [7, 11) is 0. The molecule has 6 heteroatoms. The molecule has 1 heterocycles. The third-order valence-corrected chi connectivity index (χ3v) is 4.91. The zero-order chi connectivity index (χ0) is 19.9. The number of likely N-dealkylation sites (N-methyl/N-ethyl adjacent to an activating group) is 1. The first kappa shape index (κ1) is 20.1. The molecule has 0 radical (unpaired) electrons. The second-order valence-electron chi connectivity index (χ2n) is 6.35. The number of nitrogens with one attached hydrogen (secondary N) is 1. The van der Waals surface area contributed by atoms with Gasteiger partial charge in [-0.15, -0.1) is 0 Å². The maximum Gasteiger partial charge on any atom is 0.274 e. The summed E-state index contributed by atoms with van der Waals surface area (Å²) in [4.78, 5) is 19.3. The van der Waals surface area contributed by atoms with E-state index in [9.17, 15) is 4.79 Å². The standard InChI is InChI=1S/C22H24ClN3O2/c1-3-26(4-2)13-14-28-20-12-8-7-11-18(20)25-22(27)19-15-16-9-5-6-10-17(16)21(23)24-19/h5-12,15H,3-4,13-14H2,1-2H3,(H,25,27). The highest BCUT2D eigenvalue weighted by molar-refractivity contribution is 6.34. The molecule has 3 rings (SSSR count). The number of carbonyl (C=O) groups excluding carboxylic acids is 1. The molecule has 0 bridgehead atoms. The molecule has 0 aliphatic rings. The summed E-state index contributed by atoms with van der Waals surface area (Å²) in [5.74, 6) is 0.308. The number of amides is 1. The Kier molecular flexibility index (Phi) is 6.85. The van der Waals surface area contributed by atoms with E-state index in [2.05, 4.69) is 29.0 Å². The minimum Gasteiger partial charge on any atom is -0.490 e. The predicted octanol–water partition coefficient (Wildman–Crippen LogP) is 4.86. The van der Waals surface area contributed by atoms with Crippen LogP contribution in [0.25, 0.3) is 10.8 Å². The van der Waals surface area contributed by atoms with Gasteiger partial charge in [-0.1, -0.05) is 61.8 Å². The average molecular weight is 398 g/mol. The number of aromatic nitrogens is 1. The van der Waals surface area contributed by atoms with Crippen LogP contribution in [0, 0.1) is 0 Å². The Labute approximate surface area is 170 Å². The lowest BCUT2D eigenvalue weighted by molar-refractivity contribution is 0.102. The van der Waals surface area contributed by atoms with Crippen molar-refractivity contribution in [3.05, 3.63) is 65.4 Å². The van der Waals surface area contributed by atoms with Gasteiger partial charge in [-0.2, -0.15) is 0 Å². The fourth-order valence-electron chi connectivity index (χ4n) is 2.98. The first-order chi connectivity index (χ1) is 13.6. The van der Waals surface area contributed by atoms with Crippen LogP contribution >= 0.6 is 11.6 Å². The number of ether oxygens (including phenoxy) is 1. The van der Waals surface area contributed by atoms with Gasteiger partial charge in [-0.3, -0.25) is 4.79 Å². The van der Waals surface area contributed by atoms with E-state index in [-0.39, 0.29) is 11.6 Å². The van der Waals surface area contributed by atoms with Crippen molar-refractivity contribution in [2.24, 2.45) is 0 Å². The van der Waals surface area contributed by atoms with Gasteiger partial charge >= 0.3 is 0 Å². The Morgan fingerprint density at radius 2 is 1.82 bits per heavy atom. The second kappa shape index (κ2) is 9.53. The molecule has 146 valence electrons. The molecule has 5 nitrogen and oxygen atoms in total. The van der Waals surface area contributed by atoms with Gasteiger partial charge in [-0.05, 0) is 36.7 Å². The molecule has 3 aromatic rings. The van der Waals surface area contributed by atoms with Gasteiger partial charge in [0.15, 0.2) is 0 Å². The Morgan fingerprint density at radius 3 is 2.61 bits per heavy atom. The van der Waals surface area contributed by atoms with Crippen LogP contribution < -0.4 is 10.1 Å². The summed E-state index contributed by atoms with van der Waals surface area (Å²) in [6, 6.07) is 16.7. The monoisotopic (exact) mass is 397 g/mol. The number of anilines is 1. The van der Waals surface area contributed by atoms with Crippen molar-refractivity contribution in [2.45, 2.75) is 13.8 Å². The summed E-state index contributed by atoms with van der Waals surface area (Å²) >= 11 is 6.25. The van der Waals surface area contributed by atoms with Crippen molar-refractivity contribution in [3.63, 3.8) is 0 Å². The molecule has 0 fully saturated rings. The topological polar surface area (TPSA) is 54.5 Å². The number of fused-ring (bicyclic) bond motifs is 1. The van der Waals surface area contributed by atoms with Crippen molar-refractivity contribution in [1.29, 1.82) is 0 Å². The first-order valence-corrected chi connectivity index (χ1v) is 9.81. The van der Waals surface area contributed by atoms with E-state index in [4.69, 9.17) is 16.3 Å². The molecule has 0 aliphatic heterocycles. The van der Waals surface area contributed by atoms with E-state index in [1.165, 1.54) is 0 Å². The largest absolute Gasteiger partial charge is 0.490 e. The van der Waals surface area contributed by atoms with Crippen molar-refractivity contribution >= 4 is 34.0 Å². The number of pyridine rings is 1. The third kappa shape index (κ3) is 4.80. The summed E-state index contributed by atoms with van der Waals surface area (Å²) in [6.45, 7) is 7.59. The molecule has 0 spiro atoms. The average Bonchev–Trinajstić information content (AvgIpc) is 2.72. The van der Waals surface area contributed by atoms with E-state index in [0.29, 0.717) is 23.2 Å². The van der Waals surface area contributed by atoms with Gasteiger partial charge in [0.2, 0.25) is 0 Å². The van der Waals surface area contributed by atoms with Gasteiger partial charge < -0.3 is 15.0 Å². The summed E-state index contributed by atoms with van der Waals surface area (Å²) in [5, 5.41) is 4.89. The molecule has 0 saturated carbocycles. The molecule has 1 N–H and O–H groups in total. The van der Waals surface area contributed by atoms with Crippen LogP contribution in [0.1, 0.15) is 24.3 Å². The van der Waals surface area contributed by atoms with Gasteiger partial charge in [0.25, 0.3) is 5.91 Å². The summed E-state index contributed by atoms with van der Waals surface area (Å²) in [5.41, 5.74) is 0.875. The van der Waals surface area contributed by atoms with Crippen LogP contribution in [0.15, 0.2) is 54.6 Å². The van der Waals surface area contributed by atoms with E-state index < -0.39 is 0 Å². The molecule has 0 atom stereocenters. The fourth-order valence-corrected chi connectivity index (χ4v) is 3.24. The van der Waals surface area contributed by atoms with Gasteiger partial charge in [0, 0.05) is 11.9 Å². The van der Waals surface area contributed by atoms with Crippen molar-refractivity contribution in [2.75, 3.05) is 31.6 Å². The number of para-hydroxylation sites is 2. The molecule has 28 heavy (non-hydrogen) atoms. The normalized spacial score (nSPS) is 11.0. The lowest BCUT2D eigenvalue weighted by Gasteiger charge is -2.19. The minimum absolute atomic E-state index is 0.265. The predicted molar refractivity (Wildman–Crippen MR) is 114 cm³/mol. The van der Waals surface area contributed by atoms with Crippen LogP contribution in [-0.4, -0.2) is 42.0 Å². The van der Waals surface area contributed by atoms with Crippen molar-refractivity contribution in [1.82, 2.24) is 9.88 Å². The van der Waals surface area contributed by atoms with Gasteiger partial charge in [-0.25, -0.2) is 4.98 Å². The zero-order valence-electron chi connectivity index (χ0n) is 16.1. The Hall–Kier alpha value is -2.63. The molecule has 0 saturated heterocycles. The molecule has 2 aromatic carbocycles. The first-order valence-electron chi connectivity index (χ1n) is 9.43. The fraction of sp³-hybridized carbons (Fsp3) is 0.273. The Morgan fingerprint density at radius 1 is 1.11 bits per heavy atom. The van der Waals surface area contributed by atoms with Crippen LogP contribution in [0.4, 0.5) is 5.69 Å². The highest BCUT2D eigenvalue weighted by Gasteiger charge is 2.14. The van der Waals surface area contributed by atoms with Crippen LogP contribution in [0.3, 0.4) is 0 Å². The highest BCUT2D eigenvalue weighted by atomic mass is 35.5. The van der Waals surface area contributed by atoms with Crippen LogP contribution in [0.2, 0.25) is 5.15 Å². The molecule has 1 aromatic heterocycles. The number of hydrogen-bond acceptors (Lipinski definition) is 4. The van der Waals surface area contributed by atoms with Crippen molar-refractivity contribution < 1.29 is 9.53 Å². The van der Waals surface area contributed by atoms with Gasteiger partial charge in [0.1, 0.15) is 23.2 Å². The Balaban J connectivity index is 1.74. The van der Waals surface area contributed by atoms with E-state index in [0.717, 1.165) is 30.4 Å². The molecule has 0 unspecified atom stereocenters. The quantitative estimate of drug-likeness (QED) is 0.551. The SMILES string of the molecule is CCN(CC)CCOc1ccccc1NC(=O)c1cc2ccccc2c(Cl)n1. The number of benzene rings is 2. The van der Waals surface area contributed by atoms with Crippen molar-refractivity contribution in [3.8, 4) is 5.75 Å². The number of halogens is 1. The van der Waals surface area contributed by atoms with E-state index in [1.807, 2.05) is 48.5 Å². The van der Waals surface area contributed by atoms with E-state index in [1.54, 1.807) is 6.07 Å². The molecule has 1 amide bonds. The second-order valence-corrected chi connectivity index (χ2v) is 6.70. The number of carbonyl (C=O) groups is 1. The molecular weight excluding hydrogens is 374 g/mol. The summed E-state index contributed by atoms with van der Waals surface area (Å²) in [6.07, 6.45) is 0. The third-order valence-electron chi connectivity index (χ3n) is 4.62. The van der Waals surface area contributed by atoms with Crippen LogP contribution in [0.5, 0.6) is 5.75 Å². The summed E-state index contributed by atoms with van der Waals surface area (Å²) < 4.78 is 5.90. The molecule has 0 aliphatic carbocycles. The highest BCUT2D eigenvalue weighted by Crippen LogP contribution is 2.26. The van der Waals surface area contributed by atoms with E-state index >= 15 is 0 Å². The number of rotatable bonds is 8. The maximum atomic E-state index is 12.7. The zero-order valence-corrected chi connectivity index (χ0v) is 16.9. The number of hydrogen-bond donors (Lipinski definition) is 1. The number of nitrogens with zero attached hydrogens (tertiary/aromatic N) is 2. The van der Waals surface area contributed by atoms with Crippen LogP contribution in [-0.2, 0) is 0 Å². The maximum absolute atomic E-state index is 12.7. The lowest BCUT2D eigenvalue weighted by atomic mass is 10.1. The smallest absolute Gasteiger partial charge is 0.274 e.